The molecule has 0 aliphatic carbocycles. The smallest absolute Gasteiger partial charge is 0.133 e. The van der Waals surface area contributed by atoms with Crippen molar-refractivity contribution >= 4 is 111 Å². The van der Waals surface area contributed by atoms with Crippen LogP contribution in [-0.4, -0.2) is 77.6 Å². The zero-order valence-electron chi connectivity index (χ0n) is 22.5. The second-order valence-electron chi connectivity index (χ2n) is 7.44. The van der Waals surface area contributed by atoms with Gasteiger partial charge in [-0.25, -0.2) is 0 Å². The van der Waals surface area contributed by atoms with Crippen molar-refractivity contribution in [2.45, 2.75) is 97.8 Å². The zero-order chi connectivity index (χ0) is 25.6. The minimum absolute atomic E-state index is 0. The van der Waals surface area contributed by atoms with Crippen LogP contribution in [0.15, 0.2) is 0 Å². The Bertz CT molecular complexity index is 381. The Morgan fingerprint density at radius 1 is 0.471 bits per heavy atom. The van der Waals surface area contributed by atoms with Gasteiger partial charge in [0.1, 0.15) is 13.0 Å². The summed E-state index contributed by atoms with van der Waals surface area (Å²) in [5.41, 5.74) is 0. The van der Waals surface area contributed by atoms with E-state index >= 15 is 0 Å². The number of thioether (sulfide) groups is 3. The van der Waals surface area contributed by atoms with E-state index in [0.717, 1.165) is 32.6 Å². The fraction of sp³-hybridized carbons (Fsp3) is 0.875. The van der Waals surface area contributed by atoms with Crippen molar-refractivity contribution in [3.8, 4) is 0 Å². The first-order valence-corrected chi connectivity index (χ1v) is 17.3. The molecule has 0 aliphatic rings. The molecule has 0 aromatic rings. The van der Waals surface area contributed by atoms with Crippen molar-refractivity contribution in [2.75, 3.05) is 38.4 Å². The minimum Gasteiger partial charge on any atom is -0.371 e. The number of rotatable bonds is 15. The van der Waals surface area contributed by atoms with Gasteiger partial charge < -0.3 is 16.0 Å². The van der Waals surface area contributed by atoms with Gasteiger partial charge in [0.05, 0.1) is 0 Å². The second-order valence-corrected chi connectivity index (χ2v) is 11.9. The maximum Gasteiger partial charge on any atom is 0.133 e. The van der Waals surface area contributed by atoms with Gasteiger partial charge in [0.15, 0.2) is 0 Å². The summed E-state index contributed by atoms with van der Waals surface area (Å²) >= 11 is 19.8. The first kappa shape index (κ1) is 42.7. The number of hydrogen-bond donors (Lipinski definition) is 3. The quantitative estimate of drug-likeness (QED) is 0.0871. The molecular formula is C24H51BiN3S6. The van der Waals surface area contributed by atoms with Gasteiger partial charge in [-0.15, -0.1) is 35.3 Å². The molecule has 203 valence electrons. The van der Waals surface area contributed by atoms with Gasteiger partial charge in [-0.05, 0) is 38.0 Å². The number of unbranched alkanes of at least 4 members (excludes halogenated alkanes) is 9. The molecule has 0 amide bonds. The van der Waals surface area contributed by atoms with Crippen molar-refractivity contribution in [3.63, 3.8) is 0 Å². The normalized spacial score (nSPS) is 9.35. The predicted octanol–water partition coefficient (Wildman–Crippen LogP) is 8.03. The molecule has 0 spiro atoms. The Morgan fingerprint density at radius 2 is 0.706 bits per heavy atom. The van der Waals surface area contributed by atoms with Crippen molar-refractivity contribution in [2.24, 2.45) is 0 Å². The van der Waals surface area contributed by atoms with Crippen LogP contribution in [0.3, 0.4) is 0 Å². The third kappa shape index (κ3) is 43.7. The van der Waals surface area contributed by atoms with Crippen LogP contribution < -0.4 is 16.0 Å². The Hall–Kier alpha value is 1.60. The first-order valence-electron chi connectivity index (χ1n) is 12.4. The molecule has 0 saturated carbocycles. The standard InChI is InChI=1S/3C8H17NS2.Bi/c3*1-3-4-5-6-7-9-8(10)11-2;/h3*3-7H2,1-2H3,(H,9,10);. The number of nitrogens with one attached hydrogen (secondary N) is 3. The van der Waals surface area contributed by atoms with Crippen LogP contribution in [0, 0.1) is 0 Å². The molecule has 0 heterocycles. The van der Waals surface area contributed by atoms with Crippen molar-refractivity contribution in [1.82, 2.24) is 16.0 Å². The maximum atomic E-state index is 4.99. The average Bonchev–Trinajstić information content (AvgIpc) is 2.83. The second kappa shape index (κ2) is 39.1. The molecule has 0 bridgehead atoms. The Kier molecular flexibility index (Phi) is 49.1. The van der Waals surface area contributed by atoms with Crippen LogP contribution in [0.5, 0.6) is 0 Å². The van der Waals surface area contributed by atoms with E-state index in [1.54, 1.807) is 35.3 Å². The summed E-state index contributed by atoms with van der Waals surface area (Å²) in [7, 11) is 0. The fourth-order valence-corrected chi connectivity index (χ4v) is 3.49. The largest absolute Gasteiger partial charge is 0.371 e. The SMILES string of the molecule is CCCCCCNC(=S)SC.CCCCCCNC(=S)SC.CCCCCCNC(=S)SC.[Bi]. The Balaban J connectivity index is -0.000000196. The van der Waals surface area contributed by atoms with Crippen LogP contribution in [0.4, 0.5) is 0 Å². The third-order valence-corrected chi connectivity index (χ3v) is 7.93. The summed E-state index contributed by atoms with van der Waals surface area (Å²) in [6.07, 6.45) is 21.6. The summed E-state index contributed by atoms with van der Waals surface area (Å²) in [6.45, 7) is 9.79. The molecule has 0 aromatic carbocycles. The van der Waals surface area contributed by atoms with Crippen LogP contribution in [0.1, 0.15) is 97.8 Å². The van der Waals surface area contributed by atoms with Crippen molar-refractivity contribution < 1.29 is 0 Å². The molecule has 10 heteroatoms. The molecule has 0 unspecified atom stereocenters. The van der Waals surface area contributed by atoms with E-state index in [4.69, 9.17) is 36.7 Å². The van der Waals surface area contributed by atoms with Crippen LogP contribution >= 0.6 is 71.9 Å². The van der Waals surface area contributed by atoms with Gasteiger partial charge in [-0.2, -0.15) is 0 Å². The van der Waals surface area contributed by atoms with Crippen molar-refractivity contribution in [3.05, 3.63) is 0 Å². The van der Waals surface area contributed by atoms with E-state index in [9.17, 15) is 0 Å². The molecule has 0 fully saturated rings. The monoisotopic (exact) mass is 782 g/mol. The summed E-state index contributed by atoms with van der Waals surface area (Å²) < 4.78 is 2.75. The van der Waals surface area contributed by atoms with Gasteiger partial charge in [0.25, 0.3) is 0 Å². The maximum absolute atomic E-state index is 4.99. The van der Waals surface area contributed by atoms with Gasteiger partial charge in [0, 0.05) is 45.8 Å². The summed E-state index contributed by atoms with van der Waals surface area (Å²) in [5.74, 6) is 0. The summed E-state index contributed by atoms with van der Waals surface area (Å²) in [4.78, 5) is 0. The molecule has 34 heavy (non-hydrogen) atoms. The first-order chi connectivity index (χ1) is 15.9. The Labute approximate surface area is 260 Å². The van der Waals surface area contributed by atoms with Crippen LogP contribution in [-0.2, 0) is 0 Å². The Morgan fingerprint density at radius 3 is 0.882 bits per heavy atom. The molecule has 3 nitrogen and oxygen atoms in total. The average molecular weight is 783 g/mol. The van der Waals surface area contributed by atoms with E-state index in [1.165, 1.54) is 77.0 Å². The predicted molar refractivity (Wildman–Crippen MR) is 181 cm³/mol. The third-order valence-electron chi connectivity index (χ3n) is 4.46. The van der Waals surface area contributed by atoms with Crippen LogP contribution in [0.2, 0.25) is 0 Å². The molecule has 0 aromatic heterocycles. The molecular weight excluding hydrogens is 732 g/mol. The zero-order valence-corrected chi connectivity index (χ0v) is 30.9. The topological polar surface area (TPSA) is 36.1 Å². The van der Waals surface area contributed by atoms with Crippen LogP contribution in [0.25, 0.3) is 0 Å². The minimum atomic E-state index is 0. The van der Waals surface area contributed by atoms with Gasteiger partial charge >= 0.3 is 0 Å². The summed E-state index contributed by atoms with van der Waals surface area (Å²) in [6, 6.07) is 0. The van der Waals surface area contributed by atoms with E-state index < -0.39 is 0 Å². The van der Waals surface area contributed by atoms with Gasteiger partial charge in [0.2, 0.25) is 0 Å². The van der Waals surface area contributed by atoms with Gasteiger partial charge in [-0.3, -0.25) is 0 Å². The van der Waals surface area contributed by atoms with E-state index in [0.29, 0.717) is 0 Å². The van der Waals surface area contributed by atoms with E-state index in [2.05, 4.69) is 36.7 Å². The molecule has 3 N–H and O–H groups in total. The fourth-order valence-electron chi connectivity index (χ4n) is 2.44. The van der Waals surface area contributed by atoms with E-state index in [-0.39, 0.29) is 26.2 Å². The molecule has 0 saturated heterocycles. The molecule has 0 rings (SSSR count). The van der Waals surface area contributed by atoms with Crippen molar-refractivity contribution in [1.29, 1.82) is 0 Å². The molecule has 0 atom stereocenters. The van der Waals surface area contributed by atoms with Gasteiger partial charge in [-0.1, -0.05) is 115 Å². The molecule has 0 aliphatic heterocycles. The molecule has 3 radical (unpaired) electrons. The van der Waals surface area contributed by atoms with E-state index in [1.807, 2.05) is 18.8 Å². The summed E-state index contributed by atoms with van der Waals surface area (Å²) in [5, 5.41) is 9.56. The number of hydrogen-bond acceptors (Lipinski definition) is 6. The number of thiocarbonyl (C=S) groups is 3.